The Balaban J connectivity index is 2.26. The van der Waals surface area contributed by atoms with Gasteiger partial charge in [0.05, 0.1) is 10.5 Å². The van der Waals surface area contributed by atoms with E-state index in [1.807, 2.05) is 0 Å². The second kappa shape index (κ2) is 5.88. The van der Waals surface area contributed by atoms with Crippen LogP contribution in [0.15, 0.2) is 41.3 Å². The lowest BCUT2D eigenvalue weighted by molar-refractivity contribution is -0.383. The molecular weight excluding hydrogens is 376 g/mol. The van der Waals surface area contributed by atoms with Crippen molar-refractivity contribution < 1.29 is 22.7 Å². The smallest absolute Gasteiger partial charge is 0.282 e. The second-order valence-electron chi connectivity index (χ2n) is 4.83. The van der Waals surface area contributed by atoms with Crippen LogP contribution in [0.4, 0.5) is 5.69 Å². The maximum Gasteiger partial charge on any atom is 0.300 e. The van der Waals surface area contributed by atoms with Gasteiger partial charge in [-0.2, -0.15) is 13.1 Å². The summed E-state index contributed by atoms with van der Waals surface area (Å²) in [6.07, 6.45) is 0. The van der Waals surface area contributed by atoms with Crippen LogP contribution < -0.4 is 0 Å². The highest BCUT2D eigenvalue weighted by molar-refractivity contribution is 7.86. The minimum atomic E-state index is -4.67. The number of non-ortho nitro benzene ring substituents is 1. The van der Waals surface area contributed by atoms with Gasteiger partial charge in [0.1, 0.15) is 10.4 Å². The first kappa shape index (κ1) is 17.0. The summed E-state index contributed by atoms with van der Waals surface area (Å²) in [5, 5.41) is 18.2. The van der Waals surface area contributed by atoms with Crippen LogP contribution in [-0.4, -0.2) is 38.8 Å². The molecule has 1 aromatic heterocycles. The average Bonchev–Trinajstić information content (AvgIpc) is 2.96. The number of rotatable bonds is 3. The molecule has 128 valence electrons. The quantitative estimate of drug-likeness (QED) is 0.410. The molecule has 0 spiro atoms. The van der Waals surface area contributed by atoms with E-state index in [0.29, 0.717) is 4.68 Å². The molecule has 0 amide bonds. The maximum atomic E-state index is 12.7. The number of hydrogen-bond donors (Lipinski definition) is 1. The van der Waals surface area contributed by atoms with E-state index in [1.165, 1.54) is 18.2 Å². The van der Waals surface area contributed by atoms with Crippen LogP contribution in [0, 0.1) is 10.1 Å². The Kier molecular flexibility index (Phi) is 3.99. The molecule has 0 unspecified atom stereocenters. The fourth-order valence-corrected chi connectivity index (χ4v) is 3.13. The summed E-state index contributed by atoms with van der Waals surface area (Å²) >= 11 is 5.83. The van der Waals surface area contributed by atoms with Crippen LogP contribution in [0.2, 0.25) is 5.02 Å². The van der Waals surface area contributed by atoms with Crippen molar-refractivity contribution in [2.45, 2.75) is 4.90 Å². The van der Waals surface area contributed by atoms with Gasteiger partial charge in [-0.05, 0) is 18.2 Å². The van der Waals surface area contributed by atoms with Crippen LogP contribution in [0.3, 0.4) is 0 Å². The third kappa shape index (κ3) is 2.95. The number of nitro benzene ring substituents is 1. The Morgan fingerprint density at radius 1 is 1.28 bits per heavy atom. The van der Waals surface area contributed by atoms with Gasteiger partial charge in [-0.25, -0.2) is 0 Å². The predicted octanol–water partition coefficient (Wildman–Crippen LogP) is 1.93. The third-order valence-electron chi connectivity index (χ3n) is 3.28. The molecule has 25 heavy (non-hydrogen) atoms. The van der Waals surface area contributed by atoms with E-state index in [2.05, 4.69) is 10.3 Å². The lowest BCUT2D eigenvalue weighted by Crippen LogP contribution is -2.17. The Hall–Kier alpha value is -2.89. The topological polar surface area (TPSA) is 145 Å². The monoisotopic (exact) mass is 382 g/mol. The van der Waals surface area contributed by atoms with E-state index < -0.39 is 31.5 Å². The van der Waals surface area contributed by atoms with Crippen LogP contribution in [-0.2, 0) is 10.1 Å². The fraction of sp³-hybridized carbons (Fsp3) is 0. The normalized spacial score (nSPS) is 11.6. The van der Waals surface area contributed by atoms with Gasteiger partial charge >= 0.3 is 5.69 Å². The van der Waals surface area contributed by atoms with E-state index in [0.717, 1.165) is 18.2 Å². The van der Waals surface area contributed by atoms with Crippen molar-refractivity contribution in [2.75, 3.05) is 0 Å². The molecule has 0 bridgehead atoms. The number of fused-ring (bicyclic) bond motifs is 1. The molecule has 0 saturated carbocycles. The van der Waals surface area contributed by atoms with Gasteiger partial charge in [-0.1, -0.05) is 28.9 Å². The largest absolute Gasteiger partial charge is 0.300 e. The van der Waals surface area contributed by atoms with E-state index >= 15 is 0 Å². The van der Waals surface area contributed by atoms with E-state index in [-0.39, 0.29) is 21.6 Å². The van der Waals surface area contributed by atoms with E-state index in [4.69, 9.17) is 11.6 Å². The Bertz CT molecular complexity index is 1140. The molecule has 0 aliphatic heterocycles. The number of nitro groups is 1. The molecule has 0 aliphatic rings. The fourth-order valence-electron chi connectivity index (χ4n) is 2.24. The minimum absolute atomic E-state index is 0.0291. The summed E-state index contributed by atoms with van der Waals surface area (Å²) in [6, 6.07) is 7.20. The zero-order chi connectivity index (χ0) is 18.4. The Labute approximate surface area is 144 Å². The summed E-state index contributed by atoms with van der Waals surface area (Å²) in [5.41, 5.74) is -1.09. The number of benzene rings is 2. The average molecular weight is 383 g/mol. The molecule has 0 saturated heterocycles. The minimum Gasteiger partial charge on any atom is -0.282 e. The van der Waals surface area contributed by atoms with Gasteiger partial charge in [0, 0.05) is 11.1 Å². The van der Waals surface area contributed by atoms with Crippen molar-refractivity contribution in [3.05, 3.63) is 57.1 Å². The molecule has 0 atom stereocenters. The molecule has 3 aromatic rings. The first-order chi connectivity index (χ1) is 11.7. The van der Waals surface area contributed by atoms with Gasteiger partial charge in [0.25, 0.3) is 16.0 Å². The van der Waals surface area contributed by atoms with Crippen LogP contribution in [0.25, 0.3) is 11.0 Å². The zero-order valence-electron chi connectivity index (χ0n) is 12.0. The number of hydrogen-bond acceptors (Lipinski definition) is 7. The number of nitrogens with zero attached hydrogens (tertiary/aromatic N) is 4. The van der Waals surface area contributed by atoms with Gasteiger partial charge in [-0.15, -0.1) is 5.10 Å². The highest BCUT2D eigenvalue weighted by Crippen LogP contribution is 2.28. The molecule has 10 nitrogen and oxygen atoms in total. The molecule has 0 radical (unpaired) electrons. The summed E-state index contributed by atoms with van der Waals surface area (Å²) in [4.78, 5) is 22.4. The standard InChI is InChI=1S/C13H7ClN4O6S/c14-7-5-9-12(10(6-7)18(20)21)15-16-17(9)13(19)8-3-1-2-4-11(8)25(22,23)24/h1-6H,(H,22,23,24). The van der Waals surface area contributed by atoms with Gasteiger partial charge in [0.15, 0.2) is 5.52 Å². The SMILES string of the molecule is O=C(c1ccccc1S(=O)(=O)O)n1nnc2c([N+](=O)[O-])cc(Cl)cc21. The highest BCUT2D eigenvalue weighted by atomic mass is 35.5. The number of carbonyl (C=O) groups excluding carboxylic acids is 1. The molecule has 0 aliphatic carbocycles. The summed E-state index contributed by atoms with van der Waals surface area (Å²) in [7, 11) is -4.67. The molecular formula is C13H7ClN4O6S. The van der Waals surface area contributed by atoms with Crippen molar-refractivity contribution in [3.63, 3.8) is 0 Å². The van der Waals surface area contributed by atoms with Crippen LogP contribution in [0.1, 0.15) is 10.4 Å². The van der Waals surface area contributed by atoms with Gasteiger partial charge < -0.3 is 0 Å². The van der Waals surface area contributed by atoms with E-state index in [9.17, 15) is 27.9 Å². The summed E-state index contributed by atoms with van der Waals surface area (Å²) in [6.45, 7) is 0. The van der Waals surface area contributed by atoms with Crippen molar-refractivity contribution >= 4 is 44.3 Å². The van der Waals surface area contributed by atoms with Crippen molar-refractivity contribution in [1.29, 1.82) is 0 Å². The third-order valence-corrected chi connectivity index (χ3v) is 4.41. The van der Waals surface area contributed by atoms with Crippen LogP contribution >= 0.6 is 11.6 Å². The highest BCUT2D eigenvalue weighted by Gasteiger charge is 2.26. The summed E-state index contributed by atoms with van der Waals surface area (Å²) in [5.74, 6) is -0.952. The zero-order valence-corrected chi connectivity index (χ0v) is 13.6. The molecule has 12 heteroatoms. The lowest BCUT2D eigenvalue weighted by Gasteiger charge is -2.06. The molecule has 2 aromatic carbocycles. The van der Waals surface area contributed by atoms with Crippen LogP contribution in [0.5, 0.6) is 0 Å². The molecule has 1 heterocycles. The Morgan fingerprint density at radius 2 is 1.96 bits per heavy atom. The number of halogens is 1. The van der Waals surface area contributed by atoms with Crippen molar-refractivity contribution in [1.82, 2.24) is 15.0 Å². The first-order valence-electron chi connectivity index (χ1n) is 6.50. The number of carbonyl (C=O) groups is 1. The molecule has 0 fully saturated rings. The second-order valence-corrected chi connectivity index (χ2v) is 6.65. The van der Waals surface area contributed by atoms with Gasteiger partial charge in [0.2, 0.25) is 0 Å². The molecule has 1 N–H and O–H groups in total. The van der Waals surface area contributed by atoms with Gasteiger partial charge in [-0.3, -0.25) is 19.5 Å². The first-order valence-corrected chi connectivity index (χ1v) is 8.32. The maximum absolute atomic E-state index is 12.7. The van der Waals surface area contributed by atoms with Crippen molar-refractivity contribution in [2.24, 2.45) is 0 Å². The lowest BCUT2D eigenvalue weighted by atomic mass is 10.2. The van der Waals surface area contributed by atoms with Crippen molar-refractivity contribution in [3.8, 4) is 0 Å². The number of aromatic nitrogens is 3. The predicted molar refractivity (Wildman–Crippen MR) is 85.2 cm³/mol. The summed E-state index contributed by atoms with van der Waals surface area (Å²) < 4.78 is 32.8. The van der Waals surface area contributed by atoms with E-state index in [1.54, 1.807) is 0 Å². The Morgan fingerprint density at radius 3 is 2.60 bits per heavy atom. The molecule has 3 rings (SSSR count).